The van der Waals surface area contributed by atoms with Gasteiger partial charge in [0.15, 0.2) is 5.16 Å². The minimum absolute atomic E-state index is 0.101. The Labute approximate surface area is 208 Å². The van der Waals surface area contributed by atoms with Gasteiger partial charge in [0.25, 0.3) is 0 Å². The van der Waals surface area contributed by atoms with Crippen LogP contribution >= 0.6 is 62.7 Å². The van der Waals surface area contributed by atoms with Gasteiger partial charge in [0, 0.05) is 22.5 Å². The topological polar surface area (TPSA) is 59.8 Å². The Hall–Kier alpha value is -1.45. The van der Waals surface area contributed by atoms with Gasteiger partial charge in [-0.25, -0.2) is 0 Å². The van der Waals surface area contributed by atoms with Gasteiger partial charge in [-0.15, -0.1) is 28.5 Å². The lowest BCUT2D eigenvalue weighted by Gasteiger charge is -2.08. The highest BCUT2D eigenvalue weighted by Crippen LogP contribution is 2.26. The maximum atomic E-state index is 12.3. The average molecular weight is 558 g/mol. The summed E-state index contributed by atoms with van der Waals surface area (Å²) in [5.74, 6) is 2.42. The summed E-state index contributed by atoms with van der Waals surface area (Å²) < 4.78 is 2.94. The third-order valence-electron chi connectivity index (χ3n) is 4.05. The lowest BCUT2D eigenvalue weighted by molar-refractivity contribution is -0.113. The van der Waals surface area contributed by atoms with Crippen LogP contribution < -0.4 is 5.32 Å². The number of allylic oxidation sites excluding steroid dienone is 1. The Bertz CT molecular complexity index is 1060. The van der Waals surface area contributed by atoms with Gasteiger partial charge in [-0.05, 0) is 42.0 Å². The molecular formula is C21H19BrCl2N4OS2. The fourth-order valence-electron chi connectivity index (χ4n) is 2.59. The highest BCUT2D eigenvalue weighted by Gasteiger charge is 2.14. The maximum absolute atomic E-state index is 12.3. The van der Waals surface area contributed by atoms with Gasteiger partial charge < -0.3 is 9.88 Å². The van der Waals surface area contributed by atoms with Crippen LogP contribution in [0.3, 0.4) is 0 Å². The van der Waals surface area contributed by atoms with Crippen molar-refractivity contribution in [2.24, 2.45) is 0 Å². The highest BCUT2D eigenvalue weighted by molar-refractivity contribution is 9.10. The van der Waals surface area contributed by atoms with Crippen LogP contribution in [0.15, 0.2) is 64.7 Å². The van der Waals surface area contributed by atoms with Crippen LogP contribution in [-0.2, 0) is 22.8 Å². The SMILES string of the molecule is C=CCn1c(CSCc2ccc(Cl)c(Cl)c2)nnc1SCC(=O)Nc1ccc(Br)cc1. The van der Waals surface area contributed by atoms with Crippen LogP contribution in [0.25, 0.3) is 0 Å². The van der Waals surface area contributed by atoms with Crippen LogP contribution in [0.4, 0.5) is 5.69 Å². The Morgan fingerprint density at radius 2 is 1.90 bits per heavy atom. The fraction of sp³-hybridized carbons (Fsp3) is 0.190. The van der Waals surface area contributed by atoms with E-state index in [9.17, 15) is 4.79 Å². The summed E-state index contributed by atoms with van der Waals surface area (Å²) in [6.45, 7) is 4.39. The zero-order valence-corrected chi connectivity index (χ0v) is 21.1. The van der Waals surface area contributed by atoms with E-state index < -0.39 is 0 Å². The second kappa shape index (κ2) is 12.0. The molecule has 0 saturated carbocycles. The molecule has 0 bridgehead atoms. The predicted molar refractivity (Wildman–Crippen MR) is 135 cm³/mol. The number of amides is 1. The van der Waals surface area contributed by atoms with Gasteiger partial charge in [-0.2, -0.15) is 0 Å². The molecule has 0 spiro atoms. The largest absolute Gasteiger partial charge is 0.325 e. The molecule has 0 aliphatic carbocycles. The van der Waals surface area contributed by atoms with Crippen molar-refractivity contribution in [2.45, 2.75) is 23.2 Å². The Morgan fingerprint density at radius 1 is 1.13 bits per heavy atom. The molecule has 3 rings (SSSR count). The highest BCUT2D eigenvalue weighted by atomic mass is 79.9. The first-order valence-corrected chi connectivity index (χ1v) is 12.9. The van der Waals surface area contributed by atoms with Crippen LogP contribution in [0.1, 0.15) is 11.4 Å². The van der Waals surface area contributed by atoms with Crippen molar-refractivity contribution in [3.63, 3.8) is 0 Å². The van der Waals surface area contributed by atoms with Gasteiger partial charge >= 0.3 is 0 Å². The molecule has 1 heterocycles. The number of benzene rings is 2. The van der Waals surface area contributed by atoms with Crippen molar-refractivity contribution in [3.05, 3.63) is 81.0 Å². The Kier molecular flexibility index (Phi) is 9.34. The van der Waals surface area contributed by atoms with Crippen molar-refractivity contribution >= 4 is 74.3 Å². The molecule has 0 aliphatic rings. The van der Waals surface area contributed by atoms with Gasteiger partial charge in [0.05, 0.1) is 21.6 Å². The molecule has 162 valence electrons. The number of halogens is 3. The fourth-order valence-corrected chi connectivity index (χ4v) is 4.86. The van der Waals surface area contributed by atoms with Crippen molar-refractivity contribution in [2.75, 3.05) is 11.1 Å². The summed E-state index contributed by atoms with van der Waals surface area (Å²) in [5, 5.41) is 13.2. The molecule has 0 fully saturated rings. The molecule has 0 unspecified atom stereocenters. The zero-order chi connectivity index (χ0) is 22.2. The van der Waals surface area contributed by atoms with E-state index in [2.05, 4.69) is 38.0 Å². The molecular weight excluding hydrogens is 539 g/mol. The summed E-state index contributed by atoms with van der Waals surface area (Å²) in [6, 6.07) is 13.1. The molecule has 0 radical (unpaired) electrons. The number of aromatic nitrogens is 3. The van der Waals surface area contributed by atoms with E-state index in [-0.39, 0.29) is 11.7 Å². The second-order valence-electron chi connectivity index (χ2n) is 6.38. The third kappa shape index (κ3) is 7.29. The number of carbonyl (C=O) groups excluding carboxylic acids is 1. The van der Waals surface area contributed by atoms with Crippen molar-refractivity contribution in [1.82, 2.24) is 14.8 Å². The summed E-state index contributed by atoms with van der Waals surface area (Å²) in [6.07, 6.45) is 1.79. The van der Waals surface area contributed by atoms with Gasteiger partial charge in [0.1, 0.15) is 5.82 Å². The normalized spacial score (nSPS) is 10.8. The molecule has 10 heteroatoms. The number of anilines is 1. The Balaban J connectivity index is 1.56. The van der Waals surface area contributed by atoms with E-state index in [1.54, 1.807) is 23.9 Å². The van der Waals surface area contributed by atoms with E-state index in [1.807, 2.05) is 41.0 Å². The van der Waals surface area contributed by atoms with Gasteiger partial charge in [0.2, 0.25) is 5.91 Å². The van der Waals surface area contributed by atoms with E-state index >= 15 is 0 Å². The third-order valence-corrected chi connectivity index (χ3v) is 7.28. The smallest absolute Gasteiger partial charge is 0.234 e. The lowest BCUT2D eigenvalue weighted by Crippen LogP contribution is -2.14. The van der Waals surface area contributed by atoms with E-state index in [1.165, 1.54) is 11.8 Å². The molecule has 2 aromatic carbocycles. The minimum atomic E-state index is -0.101. The second-order valence-corrected chi connectivity index (χ2v) is 10.0. The van der Waals surface area contributed by atoms with Crippen LogP contribution in [-0.4, -0.2) is 26.4 Å². The first-order chi connectivity index (χ1) is 15.0. The number of hydrogen-bond acceptors (Lipinski definition) is 5. The molecule has 1 N–H and O–H groups in total. The number of rotatable bonds is 10. The molecule has 5 nitrogen and oxygen atoms in total. The molecule has 0 saturated heterocycles. The van der Waals surface area contributed by atoms with Crippen LogP contribution in [0.5, 0.6) is 0 Å². The summed E-state index contributed by atoms with van der Waals surface area (Å²) in [7, 11) is 0. The Morgan fingerprint density at radius 3 is 2.61 bits per heavy atom. The van der Waals surface area contributed by atoms with Crippen LogP contribution in [0, 0.1) is 0 Å². The number of thioether (sulfide) groups is 2. The van der Waals surface area contributed by atoms with Crippen molar-refractivity contribution in [3.8, 4) is 0 Å². The monoisotopic (exact) mass is 556 g/mol. The first-order valence-electron chi connectivity index (χ1n) is 9.19. The molecule has 1 aromatic heterocycles. The maximum Gasteiger partial charge on any atom is 0.234 e. The van der Waals surface area contributed by atoms with E-state index in [0.29, 0.717) is 27.5 Å². The summed E-state index contributed by atoms with van der Waals surface area (Å²) >= 11 is 18.5. The van der Waals surface area contributed by atoms with E-state index in [0.717, 1.165) is 27.3 Å². The number of nitrogens with zero attached hydrogens (tertiary/aromatic N) is 3. The standard InChI is InChI=1S/C21H19BrCl2N4OS2/c1-2-9-28-19(12-30-11-14-3-8-17(23)18(24)10-14)26-27-21(28)31-13-20(29)25-16-6-4-15(22)5-7-16/h2-8,10H,1,9,11-13H2,(H,25,29). The van der Waals surface area contributed by atoms with Gasteiger partial charge in [-0.3, -0.25) is 4.79 Å². The quantitative estimate of drug-likeness (QED) is 0.222. The molecule has 0 aliphatic heterocycles. The van der Waals surface area contributed by atoms with Gasteiger partial charge in [-0.1, -0.05) is 63.0 Å². The van der Waals surface area contributed by atoms with E-state index in [4.69, 9.17) is 23.2 Å². The molecule has 1 amide bonds. The summed E-state index contributed by atoms with van der Waals surface area (Å²) in [5.41, 5.74) is 1.84. The zero-order valence-electron chi connectivity index (χ0n) is 16.4. The minimum Gasteiger partial charge on any atom is -0.325 e. The number of carbonyl (C=O) groups is 1. The lowest BCUT2D eigenvalue weighted by atomic mass is 10.2. The average Bonchev–Trinajstić information content (AvgIpc) is 3.13. The van der Waals surface area contributed by atoms with Crippen LogP contribution in [0.2, 0.25) is 10.0 Å². The molecule has 0 atom stereocenters. The molecule has 31 heavy (non-hydrogen) atoms. The summed E-state index contributed by atoms with van der Waals surface area (Å²) in [4.78, 5) is 12.3. The van der Waals surface area contributed by atoms with Crippen molar-refractivity contribution in [1.29, 1.82) is 0 Å². The predicted octanol–water partition coefficient (Wildman–Crippen LogP) is 6.70. The number of hydrogen-bond donors (Lipinski definition) is 1. The number of nitrogens with one attached hydrogen (secondary N) is 1. The van der Waals surface area contributed by atoms with Crippen molar-refractivity contribution < 1.29 is 4.79 Å². The molecule has 3 aromatic rings. The first kappa shape index (κ1) is 24.2.